The van der Waals surface area contributed by atoms with E-state index in [1.165, 1.54) is 0 Å². The SMILES string of the molecule is CCOCCOc1ccc(NC(=O)CNc2cc(C)ccc2C)cc1. The lowest BCUT2D eigenvalue weighted by Gasteiger charge is -2.11. The lowest BCUT2D eigenvalue weighted by Crippen LogP contribution is -2.22. The Morgan fingerprint density at radius 1 is 1.04 bits per heavy atom. The Morgan fingerprint density at radius 3 is 2.52 bits per heavy atom. The molecule has 0 saturated carbocycles. The third-order valence-electron chi connectivity index (χ3n) is 3.67. The van der Waals surface area contributed by atoms with Crippen molar-refractivity contribution in [2.24, 2.45) is 0 Å². The molecule has 0 radical (unpaired) electrons. The Kier molecular flexibility index (Phi) is 7.29. The molecular weight excluding hydrogens is 316 g/mol. The monoisotopic (exact) mass is 342 g/mol. The van der Waals surface area contributed by atoms with Crippen LogP contribution in [-0.2, 0) is 9.53 Å². The van der Waals surface area contributed by atoms with Crippen LogP contribution in [0, 0.1) is 13.8 Å². The van der Waals surface area contributed by atoms with E-state index in [2.05, 4.69) is 16.7 Å². The largest absolute Gasteiger partial charge is 0.491 e. The fourth-order valence-corrected chi connectivity index (χ4v) is 2.30. The molecule has 5 nitrogen and oxygen atoms in total. The second-order valence-corrected chi connectivity index (χ2v) is 5.79. The molecule has 0 aliphatic carbocycles. The molecule has 2 rings (SSSR count). The molecule has 25 heavy (non-hydrogen) atoms. The quantitative estimate of drug-likeness (QED) is 0.681. The lowest BCUT2D eigenvalue weighted by atomic mass is 10.1. The summed E-state index contributed by atoms with van der Waals surface area (Å²) in [7, 11) is 0. The van der Waals surface area contributed by atoms with Crippen LogP contribution < -0.4 is 15.4 Å². The minimum atomic E-state index is -0.0917. The topological polar surface area (TPSA) is 59.6 Å². The van der Waals surface area contributed by atoms with Crippen molar-refractivity contribution in [1.82, 2.24) is 0 Å². The van der Waals surface area contributed by atoms with Gasteiger partial charge in [-0.05, 0) is 62.2 Å². The second kappa shape index (κ2) is 9.69. The van der Waals surface area contributed by atoms with Crippen molar-refractivity contribution in [1.29, 1.82) is 0 Å². The van der Waals surface area contributed by atoms with Crippen molar-refractivity contribution in [2.45, 2.75) is 20.8 Å². The van der Waals surface area contributed by atoms with Gasteiger partial charge in [0.2, 0.25) is 5.91 Å². The summed E-state index contributed by atoms with van der Waals surface area (Å²) in [6.45, 7) is 7.99. The van der Waals surface area contributed by atoms with Gasteiger partial charge in [0.05, 0.1) is 13.2 Å². The van der Waals surface area contributed by atoms with Crippen molar-refractivity contribution in [3.05, 3.63) is 53.6 Å². The zero-order valence-corrected chi connectivity index (χ0v) is 15.1. The van der Waals surface area contributed by atoms with E-state index in [0.717, 1.165) is 28.3 Å². The summed E-state index contributed by atoms with van der Waals surface area (Å²) in [5.41, 5.74) is 4.00. The second-order valence-electron chi connectivity index (χ2n) is 5.79. The third-order valence-corrected chi connectivity index (χ3v) is 3.67. The number of carbonyl (C=O) groups excluding carboxylic acids is 1. The summed E-state index contributed by atoms with van der Waals surface area (Å²) >= 11 is 0. The maximum Gasteiger partial charge on any atom is 0.243 e. The molecule has 134 valence electrons. The van der Waals surface area contributed by atoms with Crippen molar-refractivity contribution in [3.8, 4) is 5.75 Å². The van der Waals surface area contributed by atoms with Gasteiger partial charge >= 0.3 is 0 Å². The van der Waals surface area contributed by atoms with Gasteiger partial charge < -0.3 is 20.1 Å². The number of rotatable bonds is 9. The van der Waals surface area contributed by atoms with Crippen LogP contribution in [0.15, 0.2) is 42.5 Å². The van der Waals surface area contributed by atoms with Crippen LogP contribution in [-0.4, -0.2) is 32.3 Å². The Bertz CT molecular complexity index is 684. The number of carbonyl (C=O) groups is 1. The van der Waals surface area contributed by atoms with Gasteiger partial charge in [0.25, 0.3) is 0 Å². The van der Waals surface area contributed by atoms with E-state index in [1.54, 1.807) is 0 Å². The average molecular weight is 342 g/mol. The molecule has 1 amide bonds. The Labute approximate surface area is 149 Å². The number of amides is 1. The zero-order valence-electron chi connectivity index (χ0n) is 15.1. The van der Waals surface area contributed by atoms with Gasteiger partial charge in [-0.2, -0.15) is 0 Å². The summed E-state index contributed by atoms with van der Waals surface area (Å²) in [4.78, 5) is 12.1. The average Bonchev–Trinajstić information content (AvgIpc) is 2.61. The highest BCUT2D eigenvalue weighted by Gasteiger charge is 2.04. The van der Waals surface area contributed by atoms with Gasteiger partial charge in [-0.25, -0.2) is 0 Å². The molecule has 0 aliphatic heterocycles. The maximum atomic E-state index is 12.1. The molecule has 0 atom stereocenters. The number of hydrogen-bond acceptors (Lipinski definition) is 4. The highest BCUT2D eigenvalue weighted by Crippen LogP contribution is 2.17. The molecule has 0 aliphatic rings. The fraction of sp³-hybridized carbons (Fsp3) is 0.350. The summed E-state index contributed by atoms with van der Waals surface area (Å²) in [5, 5.41) is 6.04. The first-order chi connectivity index (χ1) is 12.1. The van der Waals surface area contributed by atoms with E-state index in [4.69, 9.17) is 9.47 Å². The van der Waals surface area contributed by atoms with Gasteiger partial charge in [0.15, 0.2) is 0 Å². The number of ether oxygens (including phenoxy) is 2. The molecule has 2 N–H and O–H groups in total. The molecule has 2 aromatic carbocycles. The molecule has 0 heterocycles. The van der Waals surface area contributed by atoms with Gasteiger partial charge in [-0.1, -0.05) is 12.1 Å². The molecule has 0 bridgehead atoms. The summed E-state index contributed by atoms with van der Waals surface area (Å²) in [5.74, 6) is 0.664. The Morgan fingerprint density at radius 2 is 1.80 bits per heavy atom. The number of benzene rings is 2. The van der Waals surface area contributed by atoms with Crippen LogP contribution in [0.2, 0.25) is 0 Å². The standard InChI is InChI=1S/C20H26N2O3/c1-4-24-11-12-25-18-9-7-17(8-10-18)22-20(23)14-21-19-13-15(2)5-6-16(19)3/h5-10,13,21H,4,11-12,14H2,1-3H3,(H,22,23). The molecule has 0 spiro atoms. The molecular formula is C20H26N2O3. The minimum Gasteiger partial charge on any atom is -0.491 e. The molecule has 5 heteroatoms. The Balaban J connectivity index is 1.79. The first-order valence-electron chi connectivity index (χ1n) is 8.50. The first-order valence-corrected chi connectivity index (χ1v) is 8.50. The molecule has 2 aromatic rings. The molecule has 0 fully saturated rings. The van der Waals surface area contributed by atoms with Crippen molar-refractivity contribution >= 4 is 17.3 Å². The predicted molar refractivity (Wildman–Crippen MR) is 101 cm³/mol. The maximum absolute atomic E-state index is 12.1. The summed E-state index contributed by atoms with van der Waals surface area (Å²) < 4.78 is 10.8. The van der Waals surface area contributed by atoms with Crippen LogP contribution >= 0.6 is 0 Å². The van der Waals surface area contributed by atoms with Crippen molar-refractivity contribution < 1.29 is 14.3 Å². The van der Waals surface area contributed by atoms with Gasteiger partial charge in [-0.3, -0.25) is 4.79 Å². The van der Waals surface area contributed by atoms with Gasteiger partial charge in [0.1, 0.15) is 12.4 Å². The van der Waals surface area contributed by atoms with Crippen LogP contribution in [0.5, 0.6) is 5.75 Å². The predicted octanol–water partition coefficient (Wildman–Crippen LogP) is 3.77. The van der Waals surface area contributed by atoms with Crippen LogP contribution in [0.4, 0.5) is 11.4 Å². The molecule has 0 saturated heterocycles. The number of anilines is 2. The highest BCUT2D eigenvalue weighted by atomic mass is 16.5. The summed E-state index contributed by atoms with van der Waals surface area (Å²) in [6.07, 6.45) is 0. The van der Waals surface area contributed by atoms with E-state index < -0.39 is 0 Å². The minimum absolute atomic E-state index is 0.0917. The van der Waals surface area contributed by atoms with Crippen molar-refractivity contribution in [3.63, 3.8) is 0 Å². The number of nitrogens with one attached hydrogen (secondary N) is 2. The van der Waals surface area contributed by atoms with Gasteiger partial charge in [-0.15, -0.1) is 0 Å². The van der Waals surface area contributed by atoms with Crippen LogP contribution in [0.1, 0.15) is 18.1 Å². The van der Waals surface area contributed by atoms with E-state index in [1.807, 2.05) is 57.2 Å². The first kappa shape index (κ1) is 18.8. The Hall–Kier alpha value is -2.53. The number of aryl methyl sites for hydroxylation is 2. The summed E-state index contributed by atoms with van der Waals surface area (Å²) in [6, 6.07) is 13.5. The number of hydrogen-bond donors (Lipinski definition) is 2. The smallest absolute Gasteiger partial charge is 0.243 e. The molecule has 0 aromatic heterocycles. The highest BCUT2D eigenvalue weighted by molar-refractivity contribution is 5.93. The van der Waals surface area contributed by atoms with Crippen molar-refractivity contribution in [2.75, 3.05) is 37.0 Å². The van der Waals surface area contributed by atoms with Crippen LogP contribution in [0.3, 0.4) is 0 Å². The van der Waals surface area contributed by atoms with E-state index >= 15 is 0 Å². The zero-order chi connectivity index (χ0) is 18.1. The third kappa shape index (κ3) is 6.47. The van der Waals surface area contributed by atoms with E-state index in [9.17, 15) is 4.79 Å². The lowest BCUT2D eigenvalue weighted by molar-refractivity contribution is -0.114. The molecule has 0 unspecified atom stereocenters. The fourth-order valence-electron chi connectivity index (χ4n) is 2.30. The van der Waals surface area contributed by atoms with Crippen LogP contribution in [0.25, 0.3) is 0 Å². The van der Waals surface area contributed by atoms with Gasteiger partial charge in [0, 0.05) is 18.0 Å². The van der Waals surface area contributed by atoms with E-state index in [-0.39, 0.29) is 12.5 Å². The van der Waals surface area contributed by atoms with E-state index in [0.29, 0.717) is 19.8 Å². The normalized spacial score (nSPS) is 10.4.